The molecule has 2 amide bonds. The highest BCUT2D eigenvalue weighted by Crippen LogP contribution is 2.19. The summed E-state index contributed by atoms with van der Waals surface area (Å²) < 4.78 is 25.8. The molecule has 0 saturated carbocycles. The van der Waals surface area contributed by atoms with Gasteiger partial charge in [-0.15, -0.1) is 0 Å². The van der Waals surface area contributed by atoms with Crippen LogP contribution in [0.5, 0.6) is 0 Å². The van der Waals surface area contributed by atoms with Gasteiger partial charge in [-0.25, -0.2) is 8.42 Å². The standard InChI is InChI=1S/C21H26N2O4S/c1-20(2,3)23-19(25)21(4,22-18(24)16-11-7-5-8-12-16)15-28(26,27)17-13-9-6-10-14-17/h5-14H,15H2,1-4H3,(H,22,24)(H,23,25). The third kappa shape index (κ3) is 5.66. The Morgan fingerprint density at radius 1 is 0.821 bits per heavy atom. The molecule has 1 atom stereocenters. The Balaban J connectivity index is 2.38. The van der Waals surface area contributed by atoms with E-state index in [1.165, 1.54) is 19.1 Å². The Kier molecular flexibility index (Phi) is 6.29. The largest absolute Gasteiger partial charge is 0.349 e. The topological polar surface area (TPSA) is 92.3 Å². The third-order valence-corrected chi connectivity index (χ3v) is 5.94. The van der Waals surface area contributed by atoms with Gasteiger partial charge in [0.2, 0.25) is 5.91 Å². The van der Waals surface area contributed by atoms with Crippen molar-refractivity contribution in [3.8, 4) is 0 Å². The van der Waals surface area contributed by atoms with E-state index >= 15 is 0 Å². The van der Waals surface area contributed by atoms with E-state index in [4.69, 9.17) is 0 Å². The fourth-order valence-corrected chi connectivity index (χ4v) is 4.34. The van der Waals surface area contributed by atoms with E-state index in [9.17, 15) is 18.0 Å². The molecule has 2 rings (SSSR count). The highest BCUT2D eigenvalue weighted by Gasteiger charge is 2.41. The second-order valence-electron chi connectivity index (χ2n) is 7.93. The zero-order valence-electron chi connectivity index (χ0n) is 16.5. The van der Waals surface area contributed by atoms with E-state index in [1.54, 1.807) is 69.3 Å². The van der Waals surface area contributed by atoms with Crippen LogP contribution >= 0.6 is 0 Å². The third-order valence-electron chi connectivity index (χ3n) is 4.00. The van der Waals surface area contributed by atoms with Crippen molar-refractivity contribution in [2.75, 3.05) is 5.75 Å². The zero-order valence-corrected chi connectivity index (χ0v) is 17.3. The summed E-state index contributed by atoms with van der Waals surface area (Å²) in [6, 6.07) is 16.2. The number of hydrogen-bond acceptors (Lipinski definition) is 4. The van der Waals surface area contributed by atoms with Crippen molar-refractivity contribution in [3.05, 3.63) is 66.2 Å². The lowest BCUT2D eigenvalue weighted by Crippen LogP contribution is -2.63. The number of benzene rings is 2. The lowest BCUT2D eigenvalue weighted by Gasteiger charge is -2.33. The molecule has 0 fully saturated rings. The molecule has 0 spiro atoms. The first-order valence-electron chi connectivity index (χ1n) is 8.91. The molecule has 2 N–H and O–H groups in total. The van der Waals surface area contributed by atoms with Crippen LogP contribution in [0.15, 0.2) is 65.6 Å². The van der Waals surface area contributed by atoms with Crippen LogP contribution in [-0.2, 0) is 14.6 Å². The molecule has 1 unspecified atom stereocenters. The number of amides is 2. The zero-order chi connectivity index (χ0) is 21.0. The van der Waals surface area contributed by atoms with Crippen LogP contribution in [0.3, 0.4) is 0 Å². The summed E-state index contributed by atoms with van der Waals surface area (Å²) in [6.07, 6.45) is 0. The highest BCUT2D eigenvalue weighted by molar-refractivity contribution is 7.91. The van der Waals surface area contributed by atoms with Gasteiger partial charge in [0.15, 0.2) is 9.84 Å². The van der Waals surface area contributed by atoms with Crippen molar-refractivity contribution in [3.63, 3.8) is 0 Å². The van der Waals surface area contributed by atoms with Gasteiger partial charge < -0.3 is 10.6 Å². The molecule has 0 aromatic heterocycles. The van der Waals surface area contributed by atoms with E-state index in [0.29, 0.717) is 5.56 Å². The van der Waals surface area contributed by atoms with Gasteiger partial charge >= 0.3 is 0 Å². The van der Waals surface area contributed by atoms with Crippen molar-refractivity contribution in [2.45, 2.75) is 43.7 Å². The van der Waals surface area contributed by atoms with Crippen LogP contribution in [0.25, 0.3) is 0 Å². The molecule has 0 bridgehead atoms. The molecule has 150 valence electrons. The van der Waals surface area contributed by atoms with Crippen LogP contribution in [0, 0.1) is 0 Å². The Morgan fingerprint density at radius 3 is 1.82 bits per heavy atom. The van der Waals surface area contributed by atoms with Gasteiger partial charge in [-0.05, 0) is 52.0 Å². The molecule has 0 saturated heterocycles. The first-order chi connectivity index (χ1) is 12.9. The molecule has 0 radical (unpaired) electrons. The summed E-state index contributed by atoms with van der Waals surface area (Å²) in [7, 11) is -3.82. The van der Waals surface area contributed by atoms with Gasteiger partial charge in [-0.1, -0.05) is 36.4 Å². The lowest BCUT2D eigenvalue weighted by molar-refractivity contribution is -0.127. The predicted octanol–water partition coefficient (Wildman–Crippen LogP) is 2.56. The molecule has 7 heteroatoms. The average Bonchev–Trinajstić information content (AvgIpc) is 2.61. The number of nitrogens with one attached hydrogen (secondary N) is 2. The quantitative estimate of drug-likeness (QED) is 0.777. The molecule has 2 aromatic rings. The first kappa shape index (κ1) is 21.6. The van der Waals surface area contributed by atoms with Crippen LogP contribution < -0.4 is 10.6 Å². The van der Waals surface area contributed by atoms with Crippen molar-refractivity contribution >= 4 is 21.7 Å². The Labute approximate surface area is 166 Å². The minimum Gasteiger partial charge on any atom is -0.349 e. The van der Waals surface area contributed by atoms with Gasteiger partial charge in [0, 0.05) is 11.1 Å². The van der Waals surface area contributed by atoms with E-state index in [1.807, 2.05) is 0 Å². The summed E-state index contributed by atoms with van der Waals surface area (Å²) in [5, 5.41) is 5.40. The van der Waals surface area contributed by atoms with E-state index in [0.717, 1.165) is 0 Å². The molecular formula is C21H26N2O4S. The van der Waals surface area contributed by atoms with Crippen LogP contribution in [0.2, 0.25) is 0 Å². The van der Waals surface area contributed by atoms with Crippen molar-refractivity contribution in [2.24, 2.45) is 0 Å². The van der Waals surface area contributed by atoms with Crippen LogP contribution in [-0.4, -0.2) is 37.1 Å². The summed E-state index contributed by atoms with van der Waals surface area (Å²) in [5.41, 5.74) is -1.91. The fraction of sp³-hybridized carbons (Fsp3) is 0.333. The maximum atomic E-state index is 13.0. The number of carbonyl (C=O) groups is 2. The maximum absolute atomic E-state index is 13.0. The minimum absolute atomic E-state index is 0.0961. The average molecular weight is 403 g/mol. The van der Waals surface area contributed by atoms with Crippen LogP contribution in [0.1, 0.15) is 38.1 Å². The monoisotopic (exact) mass is 402 g/mol. The molecule has 0 heterocycles. The van der Waals surface area contributed by atoms with Crippen molar-refractivity contribution < 1.29 is 18.0 Å². The van der Waals surface area contributed by atoms with Gasteiger partial charge in [-0.2, -0.15) is 0 Å². The van der Waals surface area contributed by atoms with Gasteiger partial charge in [0.1, 0.15) is 5.54 Å². The summed E-state index contributed by atoms with van der Waals surface area (Å²) in [5.74, 6) is -1.65. The van der Waals surface area contributed by atoms with Crippen LogP contribution in [0.4, 0.5) is 0 Å². The smallest absolute Gasteiger partial charge is 0.252 e. The Hall–Kier alpha value is -2.67. The van der Waals surface area contributed by atoms with Crippen molar-refractivity contribution in [1.29, 1.82) is 0 Å². The van der Waals surface area contributed by atoms with Gasteiger partial charge in [0.25, 0.3) is 5.91 Å². The lowest BCUT2D eigenvalue weighted by atomic mass is 10.00. The second kappa shape index (κ2) is 8.14. The predicted molar refractivity (Wildman–Crippen MR) is 109 cm³/mol. The van der Waals surface area contributed by atoms with Crippen molar-refractivity contribution in [1.82, 2.24) is 10.6 Å². The highest BCUT2D eigenvalue weighted by atomic mass is 32.2. The molecule has 0 aliphatic rings. The Bertz CT molecular complexity index is 935. The maximum Gasteiger partial charge on any atom is 0.252 e. The van der Waals surface area contributed by atoms with Gasteiger partial charge in [0.05, 0.1) is 10.6 Å². The molecule has 0 aliphatic heterocycles. The van der Waals surface area contributed by atoms with E-state index < -0.39 is 38.5 Å². The number of carbonyl (C=O) groups excluding carboxylic acids is 2. The number of sulfone groups is 1. The van der Waals surface area contributed by atoms with E-state index in [-0.39, 0.29) is 4.90 Å². The molecule has 0 aliphatic carbocycles. The summed E-state index contributed by atoms with van der Waals surface area (Å²) in [6.45, 7) is 6.79. The Morgan fingerprint density at radius 2 is 1.32 bits per heavy atom. The number of hydrogen-bond donors (Lipinski definition) is 2. The molecular weight excluding hydrogens is 376 g/mol. The molecule has 28 heavy (non-hydrogen) atoms. The number of rotatable bonds is 6. The summed E-state index contributed by atoms with van der Waals surface area (Å²) in [4.78, 5) is 25.7. The van der Waals surface area contributed by atoms with Gasteiger partial charge in [-0.3, -0.25) is 9.59 Å². The van der Waals surface area contributed by atoms with E-state index in [2.05, 4.69) is 10.6 Å². The fourth-order valence-electron chi connectivity index (χ4n) is 2.64. The molecule has 6 nitrogen and oxygen atoms in total. The summed E-state index contributed by atoms with van der Waals surface area (Å²) >= 11 is 0. The first-order valence-corrected chi connectivity index (χ1v) is 10.6. The molecule has 2 aromatic carbocycles. The minimum atomic E-state index is -3.82. The second-order valence-corrected chi connectivity index (χ2v) is 9.92. The SMILES string of the molecule is CC(C)(C)NC(=O)C(C)(CS(=O)(=O)c1ccccc1)NC(=O)c1ccccc1. The normalized spacial score (nSPS) is 14.0.